The molecule has 0 amide bonds. The molecule has 3 aromatic rings. The van der Waals surface area contributed by atoms with Gasteiger partial charge in [-0.3, -0.25) is 9.36 Å². The lowest BCUT2D eigenvalue weighted by Gasteiger charge is -2.20. The van der Waals surface area contributed by atoms with Crippen LogP contribution in [-0.2, 0) is 6.54 Å². The van der Waals surface area contributed by atoms with E-state index in [4.69, 9.17) is 4.98 Å². The van der Waals surface area contributed by atoms with E-state index in [-0.39, 0.29) is 11.6 Å². The molecule has 1 unspecified atom stereocenters. The molecular weight excluding hydrogens is 310 g/mol. The molecule has 0 saturated carbocycles. The molecule has 1 heterocycles. The monoisotopic (exact) mass is 335 g/mol. The fourth-order valence-corrected chi connectivity index (χ4v) is 2.94. The van der Waals surface area contributed by atoms with Crippen LogP contribution >= 0.6 is 0 Å². The maximum atomic E-state index is 13.1. The highest BCUT2D eigenvalue weighted by atomic mass is 16.1. The molecule has 4 nitrogen and oxygen atoms in total. The number of aromatic nitrogens is 2. The van der Waals surface area contributed by atoms with E-state index in [2.05, 4.69) is 26.1 Å². The van der Waals surface area contributed by atoms with E-state index in [0.717, 1.165) is 23.4 Å². The van der Waals surface area contributed by atoms with Crippen molar-refractivity contribution in [1.82, 2.24) is 14.9 Å². The highest BCUT2D eigenvalue weighted by molar-refractivity contribution is 5.77. The Bertz CT molecular complexity index is 900. The molecule has 130 valence electrons. The minimum atomic E-state index is 0.00317. The first kappa shape index (κ1) is 17.4. The molecule has 2 aromatic carbocycles. The molecule has 0 aliphatic heterocycles. The highest BCUT2D eigenvalue weighted by Crippen LogP contribution is 2.15. The Kier molecular flexibility index (Phi) is 5.29. The Morgan fingerprint density at radius 1 is 1.00 bits per heavy atom. The van der Waals surface area contributed by atoms with Gasteiger partial charge in [-0.1, -0.05) is 56.3 Å². The lowest BCUT2D eigenvalue weighted by atomic mass is 10.1. The van der Waals surface area contributed by atoms with Crippen LogP contribution in [0.1, 0.15) is 38.2 Å². The topological polar surface area (TPSA) is 46.9 Å². The minimum Gasteiger partial charge on any atom is -0.307 e. The van der Waals surface area contributed by atoms with Crippen LogP contribution < -0.4 is 10.9 Å². The number of nitrogens with zero attached hydrogens (tertiary/aromatic N) is 2. The van der Waals surface area contributed by atoms with Gasteiger partial charge in [0.05, 0.1) is 23.5 Å². The zero-order valence-electron chi connectivity index (χ0n) is 15.1. The van der Waals surface area contributed by atoms with Crippen LogP contribution in [0.25, 0.3) is 10.9 Å². The predicted molar refractivity (Wildman–Crippen MR) is 103 cm³/mol. The first-order chi connectivity index (χ1) is 12.1. The van der Waals surface area contributed by atoms with Crippen LogP contribution in [0.4, 0.5) is 0 Å². The number of hydrogen-bond donors (Lipinski definition) is 1. The molecule has 0 aliphatic carbocycles. The van der Waals surface area contributed by atoms with Gasteiger partial charge in [-0.25, -0.2) is 4.98 Å². The molecule has 4 heteroatoms. The molecule has 25 heavy (non-hydrogen) atoms. The quantitative estimate of drug-likeness (QED) is 0.746. The standard InChI is InChI=1S/C21H25N3O/c1-15(2)13-22-16(3)20-23-19-12-8-7-11-18(19)21(25)24(20)14-17-9-5-4-6-10-17/h4-12,15-16,22H,13-14H2,1-3H3. The number of rotatable bonds is 6. The Morgan fingerprint density at radius 3 is 2.40 bits per heavy atom. The van der Waals surface area contributed by atoms with Gasteiger partial charge in [-0.05, 0) is 37.1 Å². The van der Waals surface area contributed by atoms with Crippen molar-refractivity contribution in [3.05, 3.63) is 76.3 Å². The molecule has 0 saturated heterocycles. The van der Waals surface area contributed by atoms with Crippen molar-refractivity contribution in [2.45, 2.75) is 33.4 Å². The number of para-hydroxylation sites is 1. The van der Waals surface area contributed by atoms with Gasteiger partial charge in [0, 0.05) is 0 Å². The zero-order valence-corrected chi connectivity index (χ0v) is 15.1. The van der Waals surface area contributed by atoms with Crippen LogP contribution in [0.3, 0.4) is 0 Å². The number of hydrogen-bond acceptors (Lipinski definition) is 3. The van der Waals surface area contributed by atoms with Crippen molar-refractivity contribution in [2.24, 2.45) is 5.92 Å². The lowest BCUT2D eigenvalue weighted by molar-refractivity contribution is 0.463. The molecule has 3 rings (SSSR count). The second-order valence-electron chi connectivity index (χ2n) is 6.89. The third kappa shape index (κ3) is 3.97. The summed E-state index contributed by atoms with van der Waals surface area (Å²) in [6.07, 6.45) is 0. The summed E-state index contributed by atoms with van der Waals surface area (Å²) in [5.74, 6) is 1.32. The minimum absolute atomic E-state index is 0.00317. The molecule has 0 bridgehead atoms. The number of nitrogens with one attached hydrogen (secondary N) is 1. The maximum absolute atomic E-state index is 13.1. The van der Waals surface area contributed by atoms with Crippen LogP contribution in [0.2, 0.25) is 0 Å². The van der Waals surface area contributed by atoms with Crippen molar-refractivity contribution >= 4 is 10.9 Å². The van der Waals surface area contributed by atoms with Gasteiger partial charge in [0.1, 0.15) is 5.82 Å². The van der Waals surface area contributed by atoms with Gasteiger partial charge < -0.3 is 5.32 Å². The largest absolute Gasteiger partial charge is 0.307 e. The summed E-state index contributed by atoms with van der Waals surface area (Å²) < 4.78 is 1.80. The Labute approximate surface area is 148 Å². The average molecular weight is 335 g/mol. The maximum Gasteiger partial charge on any atom is 0.261 e. The van der Waals surface area contributed by atoms with Gasteiger partial charge in [0.2, 0.25) is 0 Å². The van der Waals surface area contributed by atoms with E-state index in [1.165, 1.54) is 0 Å². The summed E-state index contributed by atoms with van der Waals surface area (Å²) in [6.45, 7) is 7.82. The Hall–Kier alpha value is -2.46. The van der Waals surface area contributed by atoms with Crippen LogP contribution in [0, 0.1) is 5.92 Å². The smallest absolute Gasteiger partial charge is 0.261 e. The fraction of sp³-hybridized carbons (Fsp3) is 0.333. The van der Waals surface area contributed by atoms with Gasteiger partial charge in [-0.15, -0.1) is 0 Å². The van der Waals surface area contributed by atoms with Crippen molar-refractivity contribution in [1.29, 1.82) is 0 Å². The van der Waals surface area contributed by atoms with E-state index < -0.39 is 0 Å². The SMILES string of the molecule is CC(C)CNC(C)c1nc2ccccc2c(=O)n1Cc1ccccc1. The average Bonchev–Trinajstić information content (AvgIpc) is 2.62. The molecule has 0 fully saturated rings. The summed E-state index contributed by atoms with van der Waals surface area (Å²) in [4.78, 5) is 17.9. The van der Waals surface area contributed by atoms with Crippen LogP contribution in [-0.4, -0.2) is 16.1 Å². The second kappa shape index (κ2) is 7.62. The second-order valence-corrected chi connectivity index (χ2v) is 6.89. The Morgan fingerprint density at radius 2 is 1.68 bits per heavy atom. The number of fused-ring (bicyclic) bond motifs is 1. The molecule has 0 radical (unpaired) electrons. The predicted octanol–water partition coefficient (Wildman–Crippen LogP) is 3.75. The van der Waals surface area contributed by atoms with E-state index >= 15 is 0 Å². The molecule has 0 aliphatic rings. The first-order valence-corrected chi connectivity index (χ1v) is 8.83. The molecule has 0 spiro atoms. The van der Waals surface area contributed by atoms with Crippen molar-refractivity contribution in [3.8, 4) is 0 Å². The first-order valence-electron chi connectivity index (χ1n) is 8.83. The third-order valence-electron chi connectivity index (χ3n) is 4.29. The summed E-state index contributed by atoms with van der Waals surface area (Å²) >= 11 is 0. The lowest BCUT2D eigenvalue weighted by Crippen LogP contribution is -2.32. The molecular formula is C21H25N3O. The molecule has 1 aromatic heterocycles. The summed E-state index contributed by atoms with van der Waals surface area (Å²) in [5.41, 5.74) is 1.87. The highest BCUT2D eigenvalue weighted by Gasteiger charge is 2.16. The fourth-order valence-electron chi connectivity index (χ4n) is 2.94. The van der Waals surface area contributed by atoms with Crippen LogP contribution in [0.5, 0.6) is 0 Å². The van der Waals surface area contributed by atoms with E-state index in [1.54, 1.807) is 4.57 Å². The zero-order chi connectivity index (χ0) is 17.8. The van der Waals surface area contributed by atoms with Crippen molar-refractivity contribution in [3.63, 3.8) is 0 Å². The van der Waals surface area contributed by atoms with Crippen molar-refractivity contribution < 1.29 is 0 Å². The van der Waals surface area contributed by atoms with Crippen molar-refractivity contribution in [2.75, 3.05) is 6.54 Å². The normalized spacial score (nSPS) is 12.6. The number of benzene rings is 2. The van der Waals surface area contributed by atoms with E-state index in [9.17, 15) is 4.79 Å². The van der Waals surface area contributed by atoms with Gasteiger partial charge in [-0.2, -0.15) is 0 Å². The summed E-state index contributed by atoms with van der Waals surface area (Å²) in [7, 11) is 0. The van der Waals surface area contributed by atoms with Gasteiger partial charge >= 0.3 is 0 Å². The van der Waals surface area contributed by atoms with Gasteiger partial charge in [0.15, 0.2) is 0 Å². The van der Waals surface area contributed by atoms with E-state index in [1.807, 2.05) is 54.6 Å². The molecule has 1 N–H and O–H groups in total. The molecule has 1 atom stereocenters. The summed E-state index contributed by atoms with van der Waals surface area (Å²) in [6, 6.07) is 17.6. The van der Waals surface area contributed by atoms with Gasteiger partial charge in [0.25, 0.3) is 5.56 Å². The van der Waals surface area contributed by atoms with E-state index in [0.29, 0.717) is 17.8 Å². The summed E-state index contributed by atoms with van der Waals surface area (Å²) in [5, 5.41) is 4.16. The third-order valence-corrected chi connectivity index (χ3v) is 4.29. The van der Waals surface area contributed by atoms with Crippen LogP contribution in [0.15, 0.2) is 59.4 Å². The Balaban J connectivity index is 2.09.